The second kappa shape index (κ2) is 7.64. The first kappa shape index (κ1) is 15.3. The van der Waals surface area contributed by atoms with Crippen LogP contribution >= 0.6 is 0 Å². The first-order valence-corrected chi connectivity index (χ1v) is 7.31. The monoisotopic (exact) mass is 285 g/mol. The van der Waals surface area contributed by atoms with Gasteiger partial charge >= 0.3 is 0 Å². The molecule has 0 saturated heterocycles. The Morgan fingerprint density at radius 1 is 1.29 bits per heavy atom. The van der Waals surface area contributed by atoms with Crippen LogP contribution < -0.4 is 15.8 Å². The molecule has 112 valence electrons. The molecule has 1 unspecified atom stereocenters. The quantitative estimate of drug-likeness (QED) is 0.821. The van der Waals surface area contributed by atoms with Crippen molar-refractivity contribution in [1.82, 2.24) is 10.3 Å². The van der Waals surface area contributed by atoms with Crippen molar-refractivity contribution in [3.05, 3.63) is 53.7 Å². The highest BCUT2D eigenvalue weighted by Gasteiger charge is 2.15. The van der Waals surface area contributed by atoms with E-state index in [1.807, 2.05) is 30.3 Å². The number of hydrogen-bond acceptors (Lipinski definition) is 4. The average molecular weight is 285 g/mol. The van der Waals surface area contributed by atoms with Crippen LogP contribution in [0.1, 0.15) is 30.5 Å². The van der Waals surface area contributed by atoms with Crippen LogP contribution in [0.15, 0.2) is 42.6 Å². The molecule has 0 fully saturated rings. The van der Waals surface area contributed by atoms with Crippen LogP contribution in [0.2, 0.25) is 0 Å². The SMILES string of the molecule is CCCNC(Cc1ccnc(N)c1)c1ccccc1OC. The van der Waals surface area contributed by atoms with Crippen molar-refractivity contribution in [3.8, 4) is 5.75 Å². The minimum atomic E-state index is 0.197. The average Bonchev–Trinajstić information content (AvgIpc) is 2.51. The summed E-state index contributed by atoms with van der Waals surface area (Å²) in [6.07, 6.45) is 3.70. The molecule has 0 bridgehead atoms. The maximum Gasteiger partial charge on any atom is 0.123 e. The van der Waals surface area contributed by atoms with Crippen LogP contribution in [0.25, 0.3) is 0 Å². The van der Waals surface area contributed by atoms with Gasteiger partial charge in [-0.05, 0) is 43.1 Å². The number of benzene rings is 1. The van der Waals surface area contributed by atoms with E-state index in [1.165, 1.54) is 11.1 Å². The Hall–Kier alpha value is -2.07. The van der Waals surface area contributed by atoms with E-state index in [0.717, 1.165) is 25.1 Å². The van der Waals surface area contributed by atoms with Crippen molar-refractivity contribution in [2.75, 3.05) is 19.4 Å². The molecule has 21 heavy (non-hydrogen) atoms. The van der Waals surface area contributed by atoms with Gasteiger partial charge in [0, 0.05) is 17.8 Å². The molecule has 0 saturated carbocycles. The molecule has 0 aliphatic carbocycles. The normalized spacial score (nSPS) is 12.1. The van der Waals surface area contributed by atoms with E-state index in [-0.39, 0.29) is 6.04 Å². The summed E-state index contributed by atoms with van der Waals surface area (Å²) in [4.78, 5) is 4.05. The van der Waals surface area contributed by atoms with Gasteiger partial charge in [-0.1, -0.05) is 25.1 Å². The van der Waals surface area contributed by atoms with Gasteiger partial charge in [0.1, 0.15) is 11.6 Å². The Balaban J connectivity index is 2.25. The number of ether oxygens (including phenoxy) is 1. The van der Waals surface area contributed by atoms with E-state index >= 15 is 0 Å². The minimum absolute atomic E-state index is 0.197. The van der Waals surface area contributed by atoms with Crippen molar-refractivity contribution in [2.24, 2.45) is 0 Å². The largest absolute Gasteiger partial charge is 0.496 e. The number of para-hydroxylation sites is 1. The fourth-order valence-corrected chi connectivity index (χ4v) is 2.42. The summed E-state index contributed by atoms with van der Waals surface area (Å²) >= 11 is 0. The number of nitrogens with zero attached hydrogens (tertiary/aromatic N) is 1. The lowest BCUT2D eigenvalue weighted by atomic mass is 9.98. The Kier molecular flexibility index (Phi) is 5.58. The summed E-state index contributed by atoms with van der Waals surface area (Å²) in [5.74, 6) is 1.47. The predicted molar refractivity (Wildman–Crippen MR) is 86.4 cm³/mol. The Bertz CT molecular complexity index is 571. The second-order valence-electron chi connectivity index (χ2n) is 5.04. The Labute approximate surface area is 126 Å². The molecule has 1 heterocycles. The summed E-state index contributed by atoms with van der Waals surface area (Å²) in [5.41, 5.74) is 8.11. The summed E-state index contributed by atoms with van der Waals surface area (Å²) in [7, 11) is 1.71. The predicted octanol–water partition coefficient (Wildman–Crippen LogP) is 2.96. The molecule has 3 N–H and O–H groups in total. The van der Waals surface area contributed by atoms with Crippen molar-refractivity contribution < 1.29 is 4.74 Å². The zero-order chi connectivity index (χ0) is 15.1. The van der Waals surface area contributed by atoms with Gasteiger partial charge in [0.15, 0.2) is 0 Å². The van der Waals surface area contributed by atoms with Crippen LogP contribution in [-0.4, -0.2) is 18.6 Å². The zero-order valence-electron chi connectivity index (χ0n) is 12.7. The van der Waals surface area contributed by atoms with Crippen molar-refractivity contribution in [3.63, 3.8) is 0 Å². The summed E-state index contributed by atoms with van der Waals surface area (Å²) in [6.45, 7) is 3.12. The van der Waals surface area contributed by atoms with Crippen molar-refractivity contribution in [2.45, 2.75) is 25.8 Å². The number of nitrogens with two attached hydrogens (primary N) is 1. The molecule has 2 rings (SSSR count). The molecule has 1 atom stereocenters. The third-order valence-corrected chi connectivity index (χ3v) is 3.44. The standard InChI is InChI=1S/C17H23N3O/c1-3-9-19-15(11-13-8-10-20-17(18)12-13)14-6-4-5-7-16(14)21-2/h4-8,10,12,15,19H,3,9,11H2,1-2H3,(H2,18,20). The van der Waals surface area contributed by atoms with E-state index < -0.39 is 0 Å². The molecular formula is C17H23N3O. The summed E-state index contributed by atoms with van der Waals surface area (Å²) < 4.78 is 5.49. The maximum absolute atomic E-state index is 5.77. The number of pyridine rings is 1. The van der Waals surface area contributed by atoms with E-state index in [2.05, 4.69) is 23.3 Å². The molecule has 0 aliphatic heterocycles. The molecule has 1 aromatic heterocycles. The van der Waals surface area contributed by atoms with Crippen LogP contribution in [0.5, 0.6) is 5.75 Å². The van der Waals surface area contributed by atoms with E-state index in [9.17, 15) is 0 Å². The van der Waals surface area contributed by atoms with Gasteiger partial charge in [-0.2, -0.15) is 0 Å². The van der Waals surface area contributed by atoms with Gasteiger partial charge in [0.05, 0.1) is 7.11 Å². The Morgan fingerprint density at radius 3 is 2.81 bits per heavy atom. The molecule has 0 aliphatic rings. The smallest absolute Gasteiger partial charge is 0.123 e. The highest BCUT2D eigenvalue weighted by atomic mass is 16.5. The van der Waals surface area contributed by atoms with Crippen molar-refractivity contribution in [1.29, 1.82) is 0 Å². The number of rotatable bonds is 7. The molecule has 0 amide bonds. The third-order valence-electron chi connectivity index (χ3n) is 3.44. The van der Waals surface area contributed by atoms with Crippen LogP contribution in [0, 0.1) is 0 Å². The van der Waals surface area contributed by atoms with E-state index in [4.69, 9.17) is 10.5 Å². The molecule has 4 heteroatoms. The molecule has 0 spiro atoms. The number of nitrogens with one attached hydrogen (secondary N) is 1. The van der Waals surface area contributed by atoms with Gasteiger partial charge in [-0.25, -0.2) is 4.98 Å². The molecule has 4 nitrogen and oxygen atoms in total. The van der Waals surface area contributed by atoms with E-state index in [1.54, 1.807) is 13.3 Å². The first-order valence-electron chi connectivity index (χ1n) is 7.31. The van der Waals surface area contributed by atoms with E-state index in [0.29, 0.717) is 5.82 Å². The van der Waals surface area contributed by atoms with Gasteiger partial charge < -0.3 is 15.8 Å². The lowest BCUT2D eigenvalue weighted by Gasteiger charge is -2.21. The molecule has 1 aromatic carbocycles. The fourth-order valence-electron chi connectivity index (χ4n) is 2.42. The molecule has 0 radical (unpaired) electrons. The van der Waals surface area contributed by atoms with Crippen LogP contribution in [0.3, 0.4) is 0 Å². The highest BCUT2D eigenvalue weighted by Crippen LogP contribution is 2.27. The molecule has 2 aromatic rings. The maximum atomic E-state index is 5.77. The third kappa shape index (κ3) is 4.20. The fraction of sp³-hybridized carbons (Fsp3) is 0.353. The minimum Gasteiger partial charge on any atom is -0.496 e. The topological polar surface area (TPSA) is 60.2 Å². The second-order valence-corrected chi connectivity index (χ2v) is 5.04. The van der Waals surface area contributed by atoms with Gasteiger partial charge in [-0.3, -0.25) is 0 Å². The summed E-state index contributed by atoms with van der Waals surface area (Å²) in [6, 6.07) is 12.3. The first-order chi connectivity index (χ1) is 10.2. The summed E-state index contributed by atoms with van der Waals surface area (Å²) in [5, 5.41) is 3.59. The number of methoxy groups -OCH3 is 1. The lowest BCUT2D eigenvalue weighted by Crippen LogP contribution is -2.24. The van der Waals surface area contributed by atoms with Crippen LogP contribution in [0.4, 0.5) is 5.82 Å². The lowest BCUT2D eigenvalue weighted by molar-refractivity contribution is 0.398. The number of anilines is 1. The molecular weight excluding hydrogens is 262 g/mol. The van der Waals surface area contributed by atoms with Crippen LogP contribution in [-0.2, 0) is 6.42 Å². The van der Waals surface area contributed by atoms with Gasteiger partial charge in [-0.15, -0.1) is 0 Å². The highest BCUT2D eigenvalue weighted by molar-refractivity contribution is 5.38. The zero-order valence-corrected chi connectivity index (χ0v) is 12.7. The van der Waals surface area contributed by atoms with Crippen molar-refractivity contribution >= 4 is 5.82 Å². The van der Waals surface area contributed by atoms with Gasteiger partial charge in [0.2, 0.25) is 0 Å². The number of hydrogen-bond donors (Lipinski definition) is 2. The Morgan fingerprint density at radius 2 is 2.10 bits per heavy atom. The number of aromatic nitrogens is 1. The van der Waals surface area contributed by atoms with Gasteiger partial charge in [0.25, 0.3) is 0 Å². The number of nitrogen functional groups attached to an aromatic ring is 1.